The van der Waals surface area contributed by atoms with Gasteiger partial charge >= 0.3 is 5.69 Å². The molecule has 130 valence electrons. The molecule has 1 aromatic carbocycles. The first-order valence-electron chi connectivity index (χ1n) is 6.78. The third-order valence-electron chi connectivity index (χ3n) is 3.00. The highest BCUT2D eigenvalue weighted by atomic mass is 16.6. The van der Waals surface area contributed by atoms with Crippen LogP contribution < -0.4 is 15.9 Å². The molecule has 0 saturated heterocycles. The molecule has 0 saturated carbocycles. The van der Waals surface area contributed by atoms with Gasteiger partial charge in [0, 0.05) is 17.3 Å². The van der Waals surface area contributed by atoms with Crippen LogP contribution >= 0.6 is 0 Å². The van der Waals surface area contributed by atoms with Crippen LogP contribution in [0.15, 0.2) is 28.1 Å². The summed E-state index contributed by atoms with van der Waals surface area (Å²) in [6.45, 7) is 1.58. The zero-order valence-electron chi connectivity index (χ0n) is 13.1. The number of nitrogens with one attached hydrogen (secondary N) is 2. The normalized spacial score (nSPS) is 10.6. The number of aryl methyl sites for hydroxylation is 1. The molecule has 1 amide bonds. The van der Waals surface area contributed by atoms with Gasteiger partial charge in [0.25, 0.3) is 11.6 Å². The van der Waals surface area contributed by atoms with E-state index >= 15 is 0 Å². The summed E-state index contributed by atoms with van der Waals surface area (Å²) in [7, 11) is 1.24. The van der Waals surface area contributed by atoms with Crippen molar-refractivity contribution in [3.05, 3.63) is 55.7 Å². The summed E-state index contributed by atoms with van der Waals surface area (Å²) in [5, 5.41) is 24.4. The Kier molecular flexibility index (Phi) is 5.07. The standard InChI is InChI=1S/C14H13N5O6/c1-7-3-10(17-14(22)16-7)13(21)18-15-6-8-4-9(19(23)24)5-11(25-2)12(8)20/h3-6,20H,1-2H3,(H,18,21)(H,16,17,22)/b15-6+. The Bertz CT molecular complexity index is 920. The van der Waals surface area contributed by atoms with Crippen LogP contribution in [0.25, 0.3) is 0 Å². The van der Waals surface area contributed by atoms with Gasteiger partial charge in [-0.25, -0.2) is 10.2 Å². The number of rotatable bonds is 5. The maximum Gasteiger partial charge on any atom is 0.345 e. The monoisotopic (exact) mass is 347 g/mol. The van der Waals surface area contributed by atoms with Crippen LogP contribution in [0.2, 0.25) is 0 Å². The van der Waals surface area contributed by atoms with Gasteiger partial charge in [-0.05, 0) is 13.0 Å². The first kappa shape index (κ1) is 17.6. The van der Waals surface area contributed by atoms with Crippen molar-refractivity contribution in [3.63, 3.8) is 0 Å². The maximum absolute atomic E-state index is 11.9. The molecule has 25 heavy (non-hydrogen) atoms. The van der Waals surface area contributed by atoms with E-state index in [4.69, 9.17) is 4.74 Å². The molecule has 11 nitrogen and oxygen atoms in total. The molecule has 0 aliphatic rings. The van der Waals surface area contributed by atoms with Crippen LogP contribution in [0.4, 0.5) is 5.69 Å². The van der Waals surface area contributed by atoms with Crippen LogP contribution in [0, 0.1) is 17.0 Å². The van der Waals surface area contributed by atoms with Crippen molar-refractivity contribution in [3.8, 4) is 11.5 Å². The van der Waals surface area contributed by atoms with Gasteiger partial charge < -0.3 is 14.8 Å². The molecule has 2 rings (SSSR count). The van der Waals surface area contributed by atoms with E-state index in [1.807, 2.05) is 0 Å². The predicted octanol–water partition coefficient (Wildman–Crippen LogP) is 0.465. The lowest BCUT2D eigenvalue weighted by Gasteiger charge is -2.06. The molecule has 0 fully saturated rings. The number of nitro groups is 1. The van der Waals surface area contributed by atoms with Gasteiger partial charge in [-0.3, -0.25) is 14.9 Å². The second-order valence-electron chi connectivity index (χ2n) is 4.80. The molecule has 3 N–H and O–H groups in total. The minimum absolute atomic E-state index is 0.0404. The smallest absolute Gasteiger partial charge is 0.345 e. The number of phenolic OH excluding ortho intramolecular Hbond substituents is 1. The first-order valence-corrected chi connectivity index (χ1v) is 6.78. The summed E-state index contributed by atoms with van der Waals surface area (Å²) in [5.41, 5.74) is 1.35. The number of methoxy groups -OCH3 is 1. The summed E-state index contributed by atoms with van der Waals surface area (Å²) >= 11 is 0. The van der Waals surface area contributed by atoms with Crippen molar-refractivity contribution in [2.24, 2.45) is 5.10 Å². The van der Waals surface area contributed by atoms with Crippen LogP contribution in [-0.4, -0.2) is 39.2 Å². The molecule has 0 atom stereocenters. The number of aromatic hydroxyl groups is 1. The van der Waals surface area contributed by atoms with Gasteiger partial charge in [0.05, 0.1) is 24.3 Å². The van der Waals surface area contributed by atoms with Crippen LogP contribution in [0.1, 0.15) is 21.7 Å². The fourth-order valence-electron chi connectivity index (χ4n) is 1.89. The molecule has 0 aliphatic heterocycles. The zero-order chi connectivity index (χ0) is 18.6. The number of carbonyl (C=O) groups excluding carboxylic acids is 1. The van der Waals surface area contributed by atoms with E-state index < -0.39 is 16.5 Å². The summed E-state index contributed by atoms with van der Waals surface area (Å²) in [6.07, 6.45) is 1.00. The molecular weight excluding hydrogens is 334 g/mol. The Labute approximate surface area is 140 Å². The molecular formula is C14H13N5O6. The van der Waals surface area contributed by atoms with Gasteiger partial charge in [-0.2, -0.15) is 10.1 Å². The summed E-state index contributed by atoms with van der Waals surface area (Å²) in [6, 6.07) is 3.46. The van der Waals surface area contributed by atoms with E-state index in [2.05, 4.69) is 20.5 Å². The average Bonchev–Trinajstić information content (AvgIpc) is 2.55. The van der Waals surface area contributed by atoms with E-state index in [9.17, 15) is 24.8 Å². The molecule has 0 spiro atoms. The minimum atomic E-state index is -0.762. The van der Waals surface area contributed by atoms with Crippen molar-refractivity contribution in [2.75, 3.05) is 7.11 Å². The van der Waals surface area contributed by atoms with Crippen molar-refractivity contribution < 1.29 is 19.6 Å². The number of nitro benzene ring substituents is 1. The lowest BCUT2D eigenvalue weighted by Crippen LogP contribution is -2.24. The highest BCUT2D eigenvalue weighted by Gasteiger charge is 2.16. The third kappa shape index (κ3) is 4.16. The number of H-pyrrole nitrogens is 1. The predicted molar refractivity (Wildman–Crippen MR) is 86.0 cm³/mol. The second-order valence-corrected chi connectivity index (χ2v) is 4.80. The Hall–Kier alpha value is -3.76. The second kappa shape index (κ2) is 7.21. The molecule has 0 aliphatic carbocycles. The lowest BCUT2D eigenvalue weighted by molar-refractivity contribution is -0.385. The minimum Gasteiger partial charge on any atom is -0.504 e. The number of benzene rings is 1. The molecule has 2 aromatic rings. The van der Waals surface area contributed by atoms with Crippen molar-refractivity contribution in [2.45, 2.75) is 6.92 Å². The third-order valence-corrected chi connectivity index (χ3v) is 3.00. The number of amides is 1. The Morgan fingerprint density at radius 2 is 2.20 bits per heavy atom. The van der Waals surface area contributed by atoms with Crippen LogP contribution in [0.5, 0.6) is 11.5 Å². The van der Waals surface area contributed by atoms with E-state index in [1.165, 1.54) is 13.2 Å². The Morgan fingerprint density at radius 1 is 1.48 bits per heavy atom. The van der Waals surface area contributed by atoms with E-state index in [-0.39, 0.29) is 28.4 Å². The van der Waals surface area contributed by atoms with E-state index in [0.717, 1.165) is 18.3 Å². The number of ether oxygens (including phenoxy) is 1. The zero-order valence-corrected chi connectivity index (χ0v) is 13.1. The number of aromatic amines is 1. The molecule has 1 heterocycles. The quantitative estimate of drug-likeness (QED) is 0.402. The van der Waals surface area contributed by atoms with Crippen molar-refractivity contribution in [1.29, 1.82) is 0 Å². The maximum atomic E-state index is 11.9. The number of non-ortho nitro benzene ring substituents is 1. The van der Waals surface area contributed by atoms with E-state index in [1.54, 1.807) is 6.92 Å². The fourth-order valence-corrected chi connectivity index (χ4v) is 1.89. The summed E-state index contributed by atoms with van der Waals surface area (Å²) in [4.78, 5) is 39.2. The molecule has 0 bridgehead atoms. The number of hydrogen-bond donors (Lipinski definition) is 3. The number of aromatic nitrogens is 2. The average molecular weight is 347 g/mol. The van der Waals surface area contributed by atoms with E-state index in [0.29, 0.717) is 5.69 Å². The van der Waals surface area contributed by atoms with Gasteiger partial charge in [0.1, 0.15) is 5.69 Å². The number of carbonyl (C=O) groups is 1. The van der Waals surface area contributed by atoms with Crippen LogP contribution in [-0.2, 0) is 0 Å². The SMILES string of the molecule is COc1cc([N+](=O)[O-])cc(/C=N/NC(=O)c2cc(C)[nH]c(=O)n2)c1O. The van der Waals surface area contributed by atoms with Crippen molar-refractivity contribution >= 4 is 17.8 Å². The molecule has 1 aromatic heterocycles. The Balaban J connectivity index is 2.24. The van der Waals surface area contributed by atoms with Gasteiger partial charge in [0.2, 0.25) is 0 Å². The highest BCUT2D eigenvalue weighted by molar-refractivity contribution is 5.93. The van der Waals surface area contributed by atoms with Gasteiger partial charge in [-0.15, -0.1) is 0 Å². The Morgan fingerprint density at radius 3 is 2.80 bits per heavy atom. The highest BCUT2D eigenvalue weighted by Crippen LogP contribution is 2.33. The topological polar surface area (TPSA) is 160 Å². The number of phenols is 1. The first-order chi connectivity index (χ1) is 11.8. The van der Waals surface area contributed by atoms with Crippen LogP contribution in [0.3, 0.4) is 0 Å². The molecule has 11 heteroatoms. The lowest BCUT2D eigenvalue weighted by atomic mass is 10.2. The van der Waals surface area contributed by atoms with Gasteiger partial charge in [-0.1, -0.05) is 0 Å². The largest absolute Gasteiger partial charge is 0.504 e. The molecule has 0 unspecified atom stereocenters. The summed E-state index contributed by atoms with van der Waals surface area (Å²) < 4.78 is 4.85. The summed E-state index contributed by atoms with van der Waals surface area (Å²) in [5.74, 6) is -1.26. The number of nitrogens with zero attached hydrogens (tertiary/aromatic N) is 3. The number of hydrogen-bond acceptors (Lipinski definition) is 8. The van der Waals surface area contributed by atoms with Gasteiger partial charge in [0.15, 0.2) is 11.5 Å². The fraction of sp³-hybridized carbons (Fsp3) is 0.143. The molecule has 0 radical (unpaired) electrons. The number of hydrazone groups is 1. The van der Waals surface area contributed by atoms with Crippen molar-refractivity contribution in [1.82, 2.24) is 15.4 Å².